The number of nitrogens with one attached hydrogen (secondary N) is 2. The van der Waals surface area contributed by atoms with E-state index in [1.807, 2.05) is 6.92 Å². The lowest BCUT2D eigenvalue weighted by molar-refractivity contribution is 0.223. The highest BCUT2D eigenvalue weighted by Gasteiger charge is 2.21. The van der Waals surface area contributed by atoms with Gasteiger partial charge in [-0.05, 0) is 56.6 Å². The predicted octanol–water partition coefficient (Wildman–Crippen LogP) is 2.72. The molecule has 0 spiro atoms. The third kappa shape index (κ3) is 7.77. The number of halogens is 2. The number of hydrogen-bond donors (Lipinski definition) is 2. The molecule has 0 bridgehead atoms. The Morgan fingerprint density at radius 2 is 2.08 bits per heavy atom. The first-order valence-corrected chi connectivity index (χ1v) is 8.69. The fraction of sp³-hybridized carbons (Fsp3) is 0.611. The van der Waals surface area contributed by atoms with E-state index in [-0.39, 0.29) is 35.9 Å². The van der Waals surface area contributed by atoms with Gasteiger partial charge < -0.3 is 20.3 Å². The van der Waals surface area contributed by atoms with E-state index in [0.717, 1.165) is 25.6 Å². The summed E-state index contributed by atoms with van der Waals surface area (Å²) in [6.07, 6.45) is 1.19. The Kier molecular flexibility index (Phi) is 10.1. The molecule has 1 aliphatic heterocycles. The Labute approximate surface area is 167 Å². The van der Waals surface area contributed by atoms with Gasteiger partial charge in [-0.1, -0.05) is 6.92 Å². The Hall–Kier alpha value is -1.09. The van der Waals surface area contributed by atoms with Crippen LogP contribution in [0, 0.1) is 11.7 Å². The molecule has 2 N–H and O–H groups in total. The molecule has 2 atom stereocenters. The summed E-state index contributed by atoms with van der Waals surface area (Å²) < 4.78 is 18.6. The molecule has 1 aromatic carbocycles. The van der Waals surface area contributed by atoms with Crippen molar-refractivity contribution >= 4 is 29.9 Å². The monoisotopic (exact) mass is 464 g/mol. The molecule has 1 aliphatic rings. The second-order valence-corrected chi connectivity index (χ2v) is 6.26. The fourth-order valence-electron chi connectivity index (χ4n) is 2.86. The first-order valence-electron chi connectivity index (χ1n) is 8.69. The minimum Gasteiger partial charge on any atom is -0.489 e. The van der Waals surface area contributed by atoms with E-state index in [1.165, 1.54) is 25.1 Å². The average Bonchev–Trinajstić information content (AvgIpc) is 3.05. The number of hydrogen-bond acceptors (Lipinski definition) is 3. The zero-order valence-electron chi connectivity index (χ0n) is 15.3. The van der Waals surface area contributed by atoms with Crippen LogP contribution in [0.1, 0.15) is 20.3 Å². The highest BCUT2D eigenvalue weighted by molar-refractivity contribution is 14.0. The zero-order chi connectivity index (χ0) is 17.4. The fourth-order valence-corrected chi connectivity index (χ4v) is 2.86. The van der Waals surface area contributed by atoms with Gasteiger partial charge in [0.05, 0.1) is 6.54 Å². The van der Waals surface area contributed by atoms with Gasteiger partial charge in [-0.15, -0.1) is 24.0 Å². The number of nitrogens with zero attached hydrogens (tertiary/aromatic N) is 2. The largest absolute Gasteiger partial charge is 0.489 e. The quantitative estimate of drug-likeness (QED) is 0.370. The highest BCUT2D eigenvalue weighted by Crippen LogP contribution is 2.14. The van der Waals surface area contributed by atoms with Gasteiger partial charge in [0.15, 0.2) is 5.96 Å². The van der Waals surface area contributed by atoms with Crippen LogP contribution in [0.2, 0.25) is 0 Å². The van der Waals surface area contributed by atoms with E-state index in [4.69, 9.17) is 4.74 Å². The molecule has 0 saturated carbocycles. The lowest BCUT2D eigenvalue weighted by atomic mass is 10.1. The van der Waals surface area contributed by atoms with Crippen LogP contribution in [0.15, 0.2) is 29.3 Å². The number of aliphatic imine (C=N–C) groups is 1. The van der Waals surface area contributed by atoms with Crippen molar-refractivity contribution in [2.24, 2.45) is 10.9 Å². The van der Waals surface area contributed by atoms with Gasteiger partial charge in [0.1, 0.15) is 17.7 Å². The van der Waals surface area contributed by atoms with E-state index in [2.05, 4.69) is 27.4 Å². The number of benzene rings is 1. The standard InChI is InChI=1S/C18H29FN4O.HI/c1-4-23-10-9-15(13-23)12-22-18(20-3)21-11-14(2)24-17-7-5-16(19)6-8-17;/h5-8,14-15H,4,9-13H2,1-3H3,(H2,20,21,22);1H. The normalized spacial score (nSPS) is 19.2. The molecule has 0 aliphatic carbocycles. The van der Waals surface area contributed by atoms with E-state index in [1.54, 1.807) is 19.2 Å². The van der Waals surface area contributed by atoms with E-state index in [9.17, 15) is 4.39 Å². The third-order valence-corrected chi connectivity index (χ3v) is 4.31. The molecule has 0 aromatic heterocycles. The van der Waals surface area contributed by atoms with E-state index >= 15 is 0 Å². The van der Waals surface area contributed by atoms with Crippen molar-refractivity contribution in [1.29, 1.82) is 0 Å². The maximum atomic E-state index is 12.9. The molecule has 0 amide bonds. The Morgan fingerprint density at radius 1 is 1.36 bits per heavy atom. The first kappa shape index (κ1) is 22.0. The lowest BCUT2D eigenvalue weighted by Crippen LogP contribution is -2.43. The third-order valence-electron chi connectivity index (χ3n) is 4.31. The molecule has 5 nitrogen and oxygen atoms in total. The number of likely N-dealkylation sites (tertiary alicyclic amines) is 1. The summed E-state index contributed by atoms with van der Waals surface area (Å²) in [6, 6.07) is 6.07. The molecule has 142 valence electrons. The molecule has 25 heavy (non-hydrogen) atoms. The summed E-state index contributed by atoms with van der Waals surface area (Å²) in [5.41, 5.74) is 0. The molecule has 2 unspecified atom stereocenters. The van der Waals surface area contributed by atoms with Crippen LogP contribution < -0.4 is 15.4 Å². The van der Waals surface area contributed by atoms with Crippen molar-refractivity contribution in [2.75, 3.05) is 39.8 Å². The van der Waals surface area contributed by atoms with Gasteiger partial charge in [0.2, 0.25) is 0 Å². The van der Waals surface area contributed by atoms with Crippen LogP contribution in [0.4, 0.5) is 4.39 Å². The van der Waals surface area contributed by atoms with Gasteiger partial charge in [0.25, 0.3) is 0 Å². The number of guanidine groups is 1. The Morgan fingerprint density at radius 3 is 2.68 bits per heavy atom. The maximum Gasteiger partial charge on any atom is 0.191 e. The minimum absolute atomic E-state index is 0. The predicted molar refractivity (Wildman–Crippen MR) is 111 cm³/mol. The van der Waals surface area contributed by atoms with Crippen LogP contribution >= 0.6 is 24.0 Å². The number of ether oxygens (including phenoxy) is 1. The Bertz CT molecular complexity index is 526. The van der Waals surface area contributed by atoms with E-state index in [0.29, 0.717) is 18.2 Å². The van der Waals surface area contributed by atoms with Gasteiger partial charge in [-0.3, -0.25) is 4.99 Å². The van der Waals surface area contributed by atoms with Crippen molar-refractivity contribution in [2.45, 2.75) is 26.4 Å². The van der Waals surface area contributed by atoms with Crippen LogP contribution in [-0.2, 0) is 0 Å². The number of rotatable bonds is 7. The second kappa shape index (κ2) is 11.5. The van der Waals surface area contributed by atoms with Crippen molar-refractivity contribution in [3.63, 3.8) is 0 Å². The summed E-state index contributed by atoms with van der Waals surface area (Å²) >= 11 is 0. The first-order chi connectivity index (χ1) is 11.6. The summed E-state index contributed by atoms with van der Waals surface area (Å²) in [7, 11) is 1.77. The molecule has 0 radical (unpaired) electrons. The topological polar surface area (TPSA) is 48.9 Å². The minimum atomic E-state index is -0.258. The smallest absolute Gasteiger partial charge is 0.191 e. The summed E-state index contributed by atoms with van der Waals surface area (Å²) in [6.45, 7) is 9.22. The molecule has 1 heterocycles. The molecule has 7 heteroatoms. The van der Waals surface area contributed by atoms with Crippen molar-refractivity contribution < 1.29 is 9.13 Å². The van der Waals surface area contributed by atoms with E-state index < -0.39 is 0 Å². The summed E-state index contributed by atoms with van der Waals surface area (Å²) in [5, 5.41) is 6.67. The molecular weight excluding hydrogens is 434 g/mol. The van der Waals surface area contributed by atoms with Gasteiger partial charge >= 0.3 is 0 Å². The van der Waals surface area contributed by atoms with Crippen LogP contribution in [0.3, 0.4) is 0 Å². The van der Waals surface area contributed by atoms with Gasteiger partial charge in [-0.25, -0.2) is 4.39 Å². The lowest BCUT2D eigenvalue weighted by Gasteiger charge is -2.19. The summed E-state index contributed by atoms with van der Waals surface area (Å²) in [5.74, 6) is 1.88. The molecular formula is C18H30FIN4O. The maximum absolute atomic E-state index is 12.9. The molecule has 2 rings (SSSR count). The van der Waals surface area contributed by atoms with Crippen LogP contribution in [-0.4, -0.2) is 56.7 Å². The SMILES string of the molecule is CCN1CCC(CNC(=NC)NCC(C)Oc2ccc(F)cc2)C1.I. The second-order valence-electron chi connectivity index (χ2n) is 6.26. The zero-order valence-corrected chi connectivity index (χ0v) is 17.6. The van der Waals surface area contributed by atoms with Crippen molar-refractivity contribution in [1.82, 2.24) is 15.5 Å². The van der Waals surface area contributed by atoms with Crippen molar-refractivity contribution in [3.05, 3.63) is 30.1 Å². The van der Waals surface area contributed by atoms with Crippen molar-refractivity contribution in [3.8, 4) is 5.75 Å². The average molecular weight is 464 g/mol. The highest BCUT2D eigenvalue weighted by atomic mass is 127. The molecule has 1 fully saturated rings. The van der Waals surface area contributed by atoms with Crippen LogP contribution in [0.5, 0.6) is 5.75 Å². The molecule has 1 aromatic rings. The van der Waals surface area contributed by atoms with Gasteiger partial charge in [0, 0.05) is 20.1 Å². The Balaban J connectivity index is 0.00000312. The molecule has 1 saturated heterocycles. The van der Waals surface area contributed by atoms with Crippen LogP contribution in [0.25, 0.3) is 0 Å². The van der Waals surface area contributed by atoms with Gasteiger partial charge in [-0.2, -0.15) is 0 Å². The summed E-state index contributed by atoms with van der Waals surface area (Å²) in [4.78, 5) is 6.73.